The number of nitrogens with zero attached hydrogens (tertiary/aromatic N) is 4. The highest BCUT2D eigenvalue weighted by Crippen LogP contribution is 2.23. The second kappa shape index (κ2) is 8.90. The van der Waals surface area contributed by atoms with Crippen molar-refractivity contribution in [3.05, 3.63) is 47.1 Å². The van der Waals surface area contributed by atoms with Gasteiger partial charge >= 0.3 is 6.03 Å². The first-order valence-electron chi connectivity index (χ1n) is 8.94. The van der Waals surface area contributed by atoms with Crippen LogP contribution in [0.1, 0.15) is 18.4 Å². The Bertz CT molecular complexity index is 774. The van der Waals surface area contributed by atoms with Crippen LogP contribution in [0, 0.1) is 0 Å². The van der Waals surface area contributed by atoms with E-state index in [1.165, 1.54) is 0 Å². The van der Waals surface area contributed by atoms with Crippen molar-refractivity contribution in [2.45, 2.75) is 25.4 Å². The fourth-order valence-electron chi connectivity index (χ4n) is 3.27. The molecule has 2 amide bonds. The number of urea groups is 1. The minimum atomic E-state index is -0.113. The molecule has 3 rings (SSSR count). The first-order valence-corrected chi connectivity index (χ1v) is 9.32. The van der Waals surface area contributed by atoms with Crippen LogP contribution in [0.2, 0.25) is 5.02 Å². The van der Waals surface area contributed by atoms with Gasteiger partial charge in [-0.25, -0.2) is 4.79 Å². The Balaban J connectivity index is 1.58. The average molecular weight is 390 g/mol. The molecule has 8 heteroatoms. The summed E-state index contributed by atoms with van der Waals surface area (Å²) in [6.07, 6.45) is 3.63. The van der Waals surface area contributed by atoms with E-state index in [0.29, 0.717) is 17.3 Å². The minimum absolute atomic E-state index is 0.113. The highest BCUT2D eigenvalue weighted by atomic mass is 35.5. The Morgan fingerprint density at radius 1 is 1.44 bits per heavy atom. The molecule has 0 bridgehead atoms. The fourth-order valence-corrected chi connectivity index (χ4v) is 3.43. The summed E-state index contributed by atoms with van der Waals surface area (Å²) < 4.78 is 5.33. The number of hydrogen-bond acceptors (Lipinski definition) is 5. The molecule has 1 aromatic heterocycles. The number of nitrogens with one attached hydrogen (secondary N) is 1. The van der Waals surface area contributed by atoms with Crippen LogP contribution < -0.4 is 15.0 Å². The molecule has 27 heavy (non-hydrogen) atoms. The molecule has 1 aliphatic rings. The summed E-state index contributed by atoms with van der Waals surface area (Å²) in [6, 6.07) is 9.22. The van der Waals surface area contributed by atoms with E-state index in [0.717, 1.165) is 37.3 Å². The second-order valence-corrected chi connectivity index (χ2v) is 6.99. The van der Waals surface area contributed by atoms with Crippen LogP contribution in [0.15, 0.2) is 36.5 Å². The third-order valence-corrected chi connectivity index (χ3v) is 5.06. The zero-order chi connectivity index (χ0) is 19.2. The molecule has 1 fully saturated rings. The smallest absolute Gasteiger partial charge is 0.317 e. The van der Waals surface area contributed by atoms with E-state index in [1.54, 1.807) is 30.3 Å². The largest absolute Gasteiger partial charge is 0.496 e. The number of halogens is 1. The van der Waals surface area contributed by atoms with Gasteiger partial charge in [0.05, 0.1) is 13.2 Å². The Labute approximate surface area is 164 Å². The van der Waals surface area contributed by atoms with Crippen molar-refractivity contribution in [2.24, 2.45) is 0 Å². The number of ether oxygens (including phenoxy) is 1. The van der Waals surface area contributed by atoms with Crippen LogP contribution in [-0.2, 0) is 6.54 Å². The van der Waals surface area contributed by atoms with E-state index in [-0.39, 0.29) is 12.1 Å². The van der Waals surface area contributed by atoms with E-state index in [1.807, 2.05) is 25.2 Å². The van der Waals surface area contributed by atoms with Crippen molar-refractivity contribution in [2.75, 3.05) is 32.1 Å². The lowest BCUT2D eigenvalue weighted by atomic mass is 10.0. The number of hydrogen-bond donors (Lipinski definition) is 1. The highest BCUT2D eigenvalue weighted by Gasteiger charge is 2.27. The molecule has 1 saturated heterocycles. The van der Waals surface area contributed by atoms with Crippen molar-refractivity contribution in [1.82, 2.24) is 20.4 Å². The van der Waals surface area contributed by atoms with Gasteiger partial charge in [0.15, 0.2) is 5.82 Å². The highest BCUT2D eigenvalue weighted by molar-refractivity contribution is 6.30. The summed E-state index contributed by atoms with van der Waals surface area (Å²) >= 11 is 5.98. The van der Waals surface area contributed by atoms with E-state index < -0.39 is 0 Å². The summed E-state index contributed by atoms with van der Waals surface area (Å²) in [7, 11) is 3.42. The van der Waals surface area contributed by atoms with Crippen LogP contribution in [0.25, 0.3) is 0 Å². The molecular formula is C19H24ClN5O2. The number of carbonyl (C=O) groups excluding carboxylic acids is 1. The summed E-state index contributed by atoms with van der Waals surface area (Å²) in [4.78, 5) is 16.6. The van der Waals surface area contributed by atoms with Gasteiger partial charge in [0.2, 0.25) is 0 Å². The number of aromatic nitrogens is 2. The molecule has 1 atom stereocenters. The van der Waals surface area contributed by atoms with Crippen molar-refractivity contribution < 1.29 is 9.53 Å². The third kappa shape index (κ3) is 4.80. The normalized spacial score (nSPS) is 16.7. The Kier molecular flexibility index (Phi) is 6.34. The van der Waals surface area contributed by atoms with Gasteiger partial charge in [-0.3, -0.25) is 0 Å². The lowest BCUT2D eigenvalue weighted by Gasteiger charge is -2.38. The molecular weight excluding hydrogens is 366 g/mol. The van der Waals surface area contributed by atoms with Crippen molar-refractivity contribution in [3.8, 4) is 5.75 Å². The molecule has 0 aliphatic carbocycles. The number of piperidine rings is 1. The van der Waals surface area contributed by atoms with Crippen LogP contribution in [0.5, 0.6) is 5.75 Å². The monoisotopic (exact) mass is 389 g/mol. The quantitative estimate of drug-likeness (QED) is 0.851. The molecule has 7 nitrogen and oxygen atoms in total. The van der Waals surface area contributed by atoms with Gasteiger partial charge in [-0.05, 0) is 37.1 Å². The zero-order valence-corrected chi connectivity index (χ0v) is 16.3. The summed E-state index contributed by atoms with van der Waals surface area (Å²) in [6.45, 7) is 2.05. The van der Waals surface area contributed by atoms with Gasteiger partial charge in [-0.15, -0.1) is 5.10 Å². The molecule has 2 aromatic rings. The first-order chi connectivity index (χ1) is 13.1. The molecule has 1 N–H and O–H groups in total. The number of benzene rings is 1. The number of carbonyl (C=O) groups is 1. The van der Waals surface area contributed by atoms with Crippen molar-refractivity contribution >= 4 is 23.4 Å². The van der Waals surface area contributed by atoms with Crippen molar-refractivity contribution in [3.63, 3.8) is 0 Å². The van der Waals surface area contributed by atoms with Crippen LogP contribution in [-0.4, -0.2) is 54.4 Å². The van der Waals surface area contributed by atoms with Gasteiger partial charge in [0.1, 0.15) is 5.75 Å². The lowest BCUT2D eigenvalue weighted by Crippen LogP contribution is -2.51. The topological polar surface area (TPSA) is 70.6 Å². The third-order valence-electron chi connectivity index (χ3n) is 4.83. The number of likely N-dealkylation sites (N-methyl/N-ethyl adjacent to an activating group) is 1. The van der Waals surface area contributed by atoms with Gasteiger partial charge in [0.25, 0.3) is 0 Å². The van der Waals surface area contributed by atoms with E-state index in [4.69, 9.17) is 16.3 Å². The van der Waals surface area contributed by atoms with Crippen molar-refractivity contribution in [1.29, 1.82) is 0 Å². The zero-order valence-electron chi connectivity index (χ0n) is 15.6. The number of amides is 2. The Hall–Kier alpha value is -2.54. The van der Waals surface area contributed by atoms with Gasteiger partial charge in [-0.1, -0.05) is 17.7 Å². The molecule has 0 saturated carbocycles. The maximum atomic E-state index is 12.6. The fraction of sp³-hybridized carbons (Fsp3) is 0.421. The van der Waals surface area contributed by atoms with Gasteiger partial charge in [0, 0.05) is 43.5 Å². The molecule has 144 valence electrons. The predicted molar refractivity (Wildman–Crippen MR) is 105 cm³/mol. The molecule has 0 spiro atoms. The molecule has 0 unspecified atom stereocenters. The number of methoxy groups -OCH3 is 1. The number of rotatable bonds is 5. The predicted octanol–water partition coefficient (Wildman–Crippen LogP) is 2.95. The maximum Gasteiger partial charge on any atom is 0.317 e. The second-order valence-electron chi connectivity index (χ2n) is 6.55. The lowest BCUT2D eigenvalue weighted by molar-refractivity contribution is 0.182. The summed E-state index contributed by atoms with van der Waals surface area (Å²) in [5.74, 6) is 1.51. The number of anilines is 1. The van der Waals surface area contributed by atoms with Crippen LogP contribution in [0.3, 0.4) is 0 Å². The average Bonchev–Trinajstić information content (AvgIpc) is 2.72. The van der Waals surface area contributed by atoms with Crippen LogP contribution in [0.4, 0.5) is 10.6 Å². The SMILES string of the molecule is COc1cc(Cl)ccc1CNC(=O)N(C)[C@@H]1CCCN(c2cccnn2)C1. The summed E-state index contributed by atoms with van der Waals surface area (Å²) in [5.41, 5.74) is 0.883. The molecule has 0 radical (unpaired) electrons. The van der Waals surface area contributed by atoms with Gasteiger partial charge < -0.3 is 19.9 Å². The maximum absolute atomic E-state index is 12.6. The molecule has 2 heterocycles. The Morgan fingerprint density at radius 3 is 3.04 bits per heavy atom. The molecule has 1 aromatic carbocycles. The summed E-state index contributed by atoms with van der Waals surface area (Å²) in [5, 5.41) is 11.7. The van der Waals surface area contributed by atoms with E-state index in [2.05, 4.69) is 20.4 Å². The standard InChI is InChI=1S/C19H24ClN5O2/c1-24(16-5-4-10-25(13-16)18-6-3-9-22-23-18)19(26)21-12-14-7-8-15(20)11-17(14)27-2/h3,6-9,11,16H,4-5,10,12-13H2,1-2H3,(H,21,26)/t16-/m1/s1. The first kappa shape index (κ1) is 19.2. The van der Waals surface area contributed by atoms with Gasteiger partial charge in [-0.2, -0.15) is 5.10 Å². The van der Waals surface area contributed by atoms with E-state index >= 15 is 0 Å². The molecule has 1 aliphatic heterocycles. The van der Waals surface area contributed by atoms with Crippen LogP contribution >= 0.6 is 11.6 Å². The van der Waals surface area contributed by atoms with E-state index in [9.17, 15) is 4.79 Å². The minimum Gasteiger partial charge on any atom is -0.496 e. The Morgan fingerprint density at radius 2 is 2.30 bits per heavy atom.